The van der Waals surface area contributed by atoms with E-state index < -0.39 is 15.9 Å². The number of ether oxygens (including phenoxy) is 1. The number of benzene rings is 3. The Morgan fingerprint density at radius 2 is 1.85 bits per heavy atom. The number of nitrogens with zero attached hydrogens (tertiary/aromatic N) is 1. The van der Waals surface area contributed by atoms with Gasteiger partial charge in [-0.1, -0.05) is 48.5 Å². The van der Waals surface area contributed by atoms with Crippen LogP contribution in [0.5, 0.6) is 0 Å². The van der Waals surface area contributed by atoms with Crippen molar-refractivity contribution in [3.8, 4) is 0 Å². The normalized spacial score (nSPS) is 14.2. The van der Waals surface area contributed by atoms with Crippen molar-refractivity contribution in [2.45, 2.75) is 31.8 Å². The van der Waals surface area contributed by atoms with Gasteiger partial charge in [0, 0.05) is 30.3 Å². The molecule has 0 radical (unpaired) electrons. The van der Waals surface area contributed by atoms with Crippen molar-refractivity contribution >= 4 is 32.6 Å². The number of halogens is 1. The lowest BCUT2D eigenvalue weighted by atomic mass is 10.00. The molecule has 1 amide bonds. The predicted octanol–water partition coefficient (Wildman–Crippen LogP) is 5.92. The summed E-state index contributed by atoms with van der Waals surface area (Å²) in [5, 5.41) is 0.542. The van der Waals surface area contributed by atoms with Crippen LogP contribution in [-0.4, -0.2) is 33.7 Å². The van der Waals surface area contributed by atoms with Crippen LogP contribution in [0.2, 0.25) is 0 Å². The highest BCUT2D eigenvalue weighted by atomic mass is 32.2. The van der Waals surface area contributed by atoms with E-state index >= 15 is 0 Å². The number of carbonyl (C=O) groups is 1. The summed E-state index contributed by atoms with van der Waals surface area (Å²) in [7, 11) is -3.71. The van der Waals surface area contributed by atoms with E-state index in [0.717, 1.165) is 29.5 Å². The van der Waals surface area contributed by atoms with Crippen LogP contribution in [0, 0.1) is 11.7 Å². The molecule has 5 rings (SSSR count). The van der Waals surface area contributed by atoms with Crippen LogP contribution in [0.4, 0.5) is 10.1 Å². The lowest BCUT2D eigenvalue weighted by molar-refractivity contribution is 0.0999. The molecule has 9 heteroatoms. The minimum Gasteiger partial charge on any atom is -0.460 e. The van der Waals surface area contributed by atoms with Crippen molar-refractivity contribution in [3.05, 3.63) is 113 Å². The van der Waals surface area contributed by atoms with E-state index in [1.165, 1.54) is 22.7 Å². The first-order valence-electron chi connectivity index (χ1n) is 13.5. The maximum absolute atomic E-state index is 13.4. The van der Waals surface area contributed by atoms with Gasteiger partial charge in [0.05, 0.1) is 30.7 Å². The van der Waals surface area contributed by atoms with Gasteiger partial charge >= 0.3 is 0 Å². The van der Waals surface area contributed by atoms with Crippen LogP contribution in [0.3, 0.4) is 0 Å². The summed E-state index contributed by atoms with van der Waals surface area (Å²) in [4.78, 5) is 12.6. The number of rotatable bonds is 13. The molecule has 41 heavy (non-hydrogen) atoms. The van der Waals surface area contributed by atoms with Crippen LogP contribution >= 0.6 is 0 Å². The zero-order valence-electron chi connectivity index (χ0n) is 22.9. The third-order valence-corrected chi connectivity index (χ3v) is 8.44. The Labute approximate surface area is 239 Å². The Bertz CT molecular complexity index is 1660. The fourth-order valence-electron chi connectivity index (χ4n) is 5.04. The molecule has 0 bridgehead atoms. The molecule has 1 saturated carbocycles. The number of sulfonamides is 1. The second-order valence-corrected chi connectivity index (χ2v) is 12.4. The van der Waals surface area contributed by atoms with E-state index in [9.17, 15) is 17.6 Å². The summed E-state index contributed by atoms with van der Waals surface area (Å²) < 4.78 is 53.2. The number of hydrogen-bond donors (Lipinski definition) is 1. The molecule has 1 atom stereocenters. The average Bonchev–Trinajstić information content (AvgIpc) is 3.72. The predicted molar refractivity (Wildman–Crippen MR) is 158 cm³/mol. The summed E-state index contributed by atoms with van der Waals surface area (Å²) in [6.07, 6.45) is 4.93. The Balaban J connectivity index is 1.49. The van der Waals surface area contributed by atoms with E-state index in [2.05, 4.69) is 6.58 Å². The molecule has 1 aromatic heterocycles. The summed E-state index contributed by atoms with van der Waals surface area (Å²) in [6.45, 7) is 4.75. The standard InChI is InChI=1S/C32H33FN2O5S/c1-3-21(19-39-20-23-7-5-4-6-8-23)18-35(41(2,37)38)28-17-29-27(16-26(28)24-11-12-24)31(32(34)36)30(40-29)15-22-9-13-25(33)14-10-22/h3-10,13-14,16-17,21,24H,1,11-12,15,18-20H2,2H3,(H2,34,36). The molecule has 1 aliphatic rings. The fraction of sp³-hybridized carbons (Fsp3) is 0.281. The highest BCUT2D eigenvalue weighted by molar-refractivity contribution is 7.92. The lowest BCUT2D eigenvalue weighted by Crippen LogP contribution is -2.36. The molecule has 2 N–H and O–H groups in total. The molecule has 4 aromatic rings. The highest BCUT2D eigenvalue weighted by Crippen LogP contribution is 2.47. The number of primary amides is 1. The Morgan fingerprint density at radius 3 is 2.46 bits per heavy atom. The minimum absolute atomic E-state index is 0.133. The monoisotopic (exact) mass is 576 g/mol. The van der Waals surface area contributed by atoms with Gasteiger partial charge in [-0.25, -0.2) is 12.8 Å². The van der Waals surface area contributed by atoms with E-state index in [1.54, 1.807) is 24.3 Å². The first-order valence-corrected chi connectivity index (χ1v) is 15.3. The van der Waals surface area contributed by atoms with Crippen LogP contribution in [-0.2, 0) is 27.8 Å². The maximum atomic E-state index is 13.4. The number of amides is 1. The maximum Gasteiger partial charge on any atom is 0.252 e. The van der Waals surface area contributed by atoms with Gasteiger partial charge < -0.3 is 14.9 Å². The van der Waals surface area contributed by atoms with Crippen molar-refractivity contribution < 1.29 is 26.8 Å². The third-order valence-electron chi connectivity index (χ3n) is 7.30. The van der Waals surface area contributed by atoms with Crippen molar-refractivity contribution in [2.24, 2.45) is 11.7 Å². The molecule has 0 aliphatic heterocycles. The van der Waals surface area contributed by atoms with Gasteiger partial charge in [-0.15, -0.1) is 6.58 Å². The zero-order chi connectivity index (χ0) is 29.1. The molecular weight excluding hydrogens is 543 g/mol. The van der Waals surface area contributed by atoms with Gasteiger partial charge in [0.25, 0.3) is 5.91 Å². The molecule has 0 saturated heterocycles. The average molecular weight is 577 g/mol. The van der Waals surface area contributed by atoms with Crippen molar-refractivity contribution in [2.75, 3.05) is 23.7 Å². The number of fused-ring (bicyclic) bond motifs is 1. The van der Waals surface area contributed by atoms with Crippen LogP contribution in [0.25, 0.3) is 11.0 Å². The quantitative estimate of drug-likeness (QED) is 0.199. The number of furan rings is 1. The molecule has 1 fully saturated rings. The van der Waals surface area contributed by atoms with Gasteiger partial charge in [0.1, 0.15) is 17.2 Å². The second-order valence-electron chi connectivity index (χ2n) is 10.5. The summed E-state index contributed by atoms with van der Waals surface area (Å²) >= 11 is 0. The van der Waals surface area contributed by atoms with Gasteiger partial charge in [-0.05, 0) is 53.6 Å². The summed E-state index contributed by atoms with van der Waals surface area (Å²) in [5.41, 5.74) is 9.51. The van der Waals surface area contributed by atoms with Crippen molar-refractivity contribution in [3.63, 3.8) is 0 Å². The lowest BCUT2D eigenvalue weighted by Gasteiger charge is -2.28. The van der Waals surface area contributed by atoms with Gasteiger partial charge in [-0.3, -0.25) is 9.10 Å². The largest absolute Gasteiger partial charge is 0.460 e. The topological polar surface area (TPSA) is 103 Å². The smallest absolute Gasteiger partial charge is 0.252 e. The molecule has 1 heterocycles. The van der Waals surface area contributed by atoms with Gasteiger partial charge in [0.15, 0.2) is 0 Å². The minimum atomic E-state index is -3.71. The molecule has 1 unspecified atom stereocenters. The fourth-order valence-corrected chi connectivity index (χ4v) is 6.02. The summed E-state index contributed by atoms with van der Waals surface area (Å²) in [6, 6.07) is 19.2. The molecule has 214 valence electrons. The molecule has 0 spiro atoms. The van der Waals surface area contributed by atoms with Gasteiger partial charge in [0.2, 0.25) is 10.0 Å². The van der Waals surface area contributed by atoms with Crippen LogP contribution < -0.4 is 10.0 Å². The van der Waals surface area contributed by atoms with E-state index in [0.29, 0.717) is 35.6 Å². The van der Waals surface area contributed by atoms with Crippen LogP contribution in [0.1, 0.15) is 51.6 Å². The number of nitrogens with two attached hydrogens (primary N) is 1. The second kappa shape index (κ2) is 11.9. The number of anilines is 1. The first-order chi connectivity index (χ1) is 19.6. The number of hydrogen-bond acceptors (Lipinski definition) is 5. The van der Waals surface area contributed by atoms with Crippen molar-refractivity contribution in [1.29, 1.82) is 0 Å². The molecule has 7 nitrogen and oxygen atoms in total. The Morgan fingerprint density at radius 1 is 1.15 bits per heavy atom. The molecule has 3 aromatic carbocycles. The number of carbonyl (C=O) groups excluding carboxylic acids is 1. The zero-order valence-corrected chi connectivity index (χ0v) is 23.7. The Hall–Kier alpha value is -3.95. The SMILES string of the molecule is C=CC(COCc1ccccc1)CN(c1cc2oc(Cc3ccc(F)cc3)c(C(N)=O)c2cc1C1CC1)S(C)(=O)=O. The van der Waals surface area contributed by atoms with Gasteiger partial charge in [-0.2, -0.15) is 0 Å². The first kappa shape index (κ1) is 28.6. The summed E-state index contributed by atoms with van der Waals surface area (Å²) in [5.74, 6) is -0.773. The van der Waals surface area contributed by atoms with Crippen molar-refractivity contribution in [1.82, 2.24) is 0 Å². The molecular formula is C32H33FN2O5S. The van der Waals surface area contributed by atoms with E-state index in [1.807, 2.05) is 36.4 Å². The van der Waals surface area contributed by atoms with Crippen LogP contribution in [0.15, 0.2) is 83.8 Å². The molecule has 1 aliphatic carbocycles. The third kappa shape index (κ3) is 6.69. The van der Waals surface area contributed by atoms with E-state index in [-0.39, 0.29) is 36.2 Å². The Kier molecular flexibility index (Phi) is 8.28. The van der Waals surface area contributed by atoms with E-state index in [4.69, 9.17) is 14.9 Å². The highest BCUT2D eigenvalue weighted by Gasteiger charge is 2.33.